The van der Waals surface area contributed by atoms with Crippen molar-refractivity contribution in [2.45, 2.75) is 78.1 Å². The Morgan fingerprint density at radius 2 is 1.05 bits per heavy atom. The summed E-state index contributed by atoms with van der Waals surface area (Å²) < 4.78 is 0. The molecule has 0 aromatic heterocycles. The first-order chi connectivity index (χ1) is 9.86. The molecule has 0 heterocycles. The molecule has 0 saturated heterocycles. The Hall–Kier alpha value is -0.0800. The summed E-state index contributed by atoms with van der Waals surface area (Å²) in [5.74, 6) is 1.90. The zero-order valence-electron chi connectivity index (χ0n) is 14.1. The van der Waals surface area contributed by atoms with Gasteiger partial charge in [0.2, 0.25) is 0 Å². The highest BCUT2D eigenvalue weighted by atomic mass is 14.9. The van der Waals surface area contributed by atoms with Crippen LogP contribution in [0.2, 0.25) is 0 Å². The van der Waals surface area contributed by atoms with Crippen molar-refractivity contribution in [2.75, 3.05) is 26.2 Å². The van der Waals surface area contributed by atoms with E-state index in [1.165, 1.54) is 90.4 Å². The molecule has 20 heavy (non-hydrogen) atoms. The maximum atomic E-state index is 3.66. The second-order valence-corrected chi connectivity index (χ2v) is 6.71. The fourth-order valence-electron chi connectivity index (χ4n) is 3.25. The molecule has 1 rings (SSSR count). The van der Waals surface area contributed by atoms with Gasteiger partial charge in [-0.1, -0.05) is 39.5 Å². The molecule has 0 spiro atoms. The molecule has 120 valence electrons. The van der Waals surface area contributed by atoms with Crippen LogP contribution in [0.25, 0.3) is 0 Å². The molecule has 1 aliphatic carbocycles. The van der Waals surface area contributed by atoms with Crippen LogP contribution >= 0.6 is 0 Å². The summed E-state index contributed by atoms with van der Waals surface area (Å²) >= 11 is 0. The highest BCUT2D eigenvalue weighted by Gasteiger charge is 2.20. The molecule has 1 saturated carbocycles. The van der Waals surface area contributed by atoms with E-state index >= 15 is 0 Å². The van der Waals surface area contributed by atoms with Gasteiger partial charge in [-0.2, -0.15) is 0 Å². The normalized spacial score (nSPS) is 23.1. The van der Waals surface area contributed by atoms with Crippen molar-refractivity contribution < 1.29 is 0 Å². The number of hydrogen-bond donors (Lipinski definition) is 2. The summed E-state index contributed by atoms with van der Waals surface area (Å²) in [4.78, 5) is 0. The van der Waals surface area contributed by atoms with E-state index in [0.29, 0.717) is 0 Å². The molecule has 0 radical (unpaired) electrons. The predicted octanol–water partition coefficient (Wildman–Crippen LogP) is 4.35. The lowest BCUT2D eigenvalue weighted by Crippen LogP contribution is -2.31. The van der Waals surface area contributed by atoms with Gasteiger partial charge in [-0.05, 0) is 76.5 Å². The number of nitrogens with one attached hydrogen (secondary N) is 2. The number of hydrogen-bond acceptors (Lipinski definition) is 2. The summed E-state index contributed by atoms with van der Waals surface area (Å²) in [5.41, 5.74) is 0. The van der Waals surface area contributed by atoms with Crippen molar-refractivity contribution in [1.29, 1.82) is 0 Å². The van der Waals surface area contributed by atoms with Crippen molar-refractivity contribution in [3.63, 3.8) is 0 Å². The maximum absolute atomic E-state index is 3.66. The van der Waals surface area contributed by atoms with Gasteiger partial charge in [0.15, 0.2) is 0 Å². The van der Waals surface area contributed by atoms with Gasteiger partial charge < -0.3 is 10.6 Å². The maximum Gasteiger partial charge on any atom is -0.00205 e. The molecular formula is C18H38N2. The largest absolute Gasteiger partial charge is 0.316 e. The first-order valence-corrected chi connectivity index (χ1v) is 9.28. The molecule has 0 amide bonds. The predicted molar refractivity (Wildman–Crippen MR) is 90.2 cm³/mol. The minimum Gasteiger partial charge on any atom is -0.316 e. The summed E-state index contributed by atoms with van der Waals surface area (Å²) in [7, 11) is 0. The minimum atomic E-state index is 0.952. The van der Waals surface area contributed by atoms with Crippen LogP contribution in [0.15, 0.2) is 0 Å². The van der Waals surface area contributed by atoms with Gasteiger partial charge >= 0.3 is 0 Å². The van der Waals surface area contributed by atoms with Crippen LogP contribution in [0, 0.1) is 11.8 Å². The van der Waals surface area contributed by atoms with E-state index in [1.54, 1.807) is 0 Å². The van der Waals surface area contributed by atoms with Gasteiger partial charge in [0.25, 0.3) is 0 Å². The third-order valence-corrected chi connectivity index (χ3v) is 4.75. The molecule has 1 aliphatic rings. The van der Waals surface area contributed by atoms with E-state index in [-0.39, 0.29) is 0 Å². The summed E-state index contributed by atoms with van der Waals surface area (Å²) in [5, 5.41) is 7.31. The molecule has 0 bridgehead atoms. The van der Waals surface area contributed by atoms with Crippen LogP contribution in [-0.4, -0.2) is 26.2 Å². The van der Waals surface area contributed by atoms with Gasteiger partial charge in [-0.3, -0.25) is 0 Å². The van der Waals surface area contributed by atoms with Crippen molar-refractivity contribution >= 4 is 0 Å². The van der Waals surface area contributed by atoms with Gasteiger partial charge in [-0.25, -0.2) is 0 Å². The third-order valence-electron chi connectivity index (χ3n) is 4.75. The topological polar surface area (TPSA) is 24.1 Å². The van der Waals surface area contributed by atoms with Crippen LogP contribution in [-0.2, 0) is 0 Å². The molecule has 0 aliphatic heterocycles. The Morgan fingerprint density at radius 3 is 1.40 bits per heavy atom. The zero-order valence-corrected chi connectivity index (χ0v) is 14.1. The van der Waals surface area contributed by atoms with Crippen molar-refractivity contribution in [1.82, 2.24) is 10.6 Å². The molecule has 0 unspecified atom stereocenters. The van der Waals surface area contributed by atoms with Crippen molar-refractivity contribution in [3.8, 4) is 0 Å². The standard InChI is InChI=1S/C18H38N2/c1-3-5-7-13-19-15-17-9-11-18(12-10-17)16-20-14-8-6-4-2/h17-20H,3-16H2,1-2H3. The van der Waals surface area contributed by atoms with E-state index in [1.807, 2.05) is 0 Å². The quantitative estimate of drug-likeness (QED) is 0.520. The van der Waals surface area contributed by atoms with Crippen LogP contribution in [0.5, 0.6) is 0 Å². The Kier molecular flexibility index (Phi) is 11.4. The van der Waals surface area contributed by atoms with E-state index in [2.05, 4.69) is 24.5 Å². The van der Waals surface area contributed by atoms with Gasteiger partial charge in [0.1, 0.15) is 0 Å². The Bertz CT molecular complexity index is 176. The summed E-state index contributed by atoms with van der Waals surface area (Å²) in [6, 6.07) is 0. The summed E-state index contributed by atoms with van der Waals surface area (Å²) in [6.45, 7) is 9.54. The lowest BCUT2D eigenvalue weighted by Gasteiger charge is -2.29. The lowest BCUT2D eigenvalue weighted by atomic mass is 9.82. The summed E-state index contributed by atoms with van der Waals surface area (Å²) in [6.07, 6.45) is 13.9. The Labute approximate surface area is 127 Å². The molecule has 1 fully saturated rings. The molecule has 2 nitrogen and oxygen atoms in total. The fraction of sp³-hybridized carbons (Fsp3) is 1.00. The molecule has 0 aromatic rings. The van der Waals surface area contributed by atoms with E-state index in [9.17, 15) is 0 Å². The highest BCUT2D eigenvalue weighted by Crippen LogP contribution is 2.27. The zero-order chi connectivity index (χ0) is 14.5. The van der Waals surface area contributed by atoms with Gasteiger partial charge in [0, 0.05) is 0 Å². The molecule has 2 heteroatoms. The fourth-order valence-corrected chi connectivity index (χ4v) is 3.25. The van der Waals surface area contributed by atoms with Gasteiger partial charge in [0.05, 0.1) is 0 Å². The number of rotatable bonds is 12. The first-order valence-electron chi connectivity index (χ1n) is 9.28. The molecular weight excluding hydrogens is 244 g/mol. The lowest BCUT2D eigenvalue weighted by molar-refractivity contribution is 0.261. The van der Waals surface area contributed by atoms with Crippen molar-refractivity contribution in [2.24, 2.45) is 11.8 Å². The first kappa shape index (κ1) is 18.0. The molecule has 0 aromatic carbocycles. The van der Waals surface area contributed by atoms with Crippen molar-refractivity contribution in [3.05, 3.63) is 0 Å². The highest BCUT2D eigenvalue weighted by molar-refractivity contribution is 4.75. The average Bonchev–Trinajstić information content (AvgIpc) is 2.48. The van der Waals surface area contributed by atoms with Crippen LogP contribution in [0.4, 0.5) is 0 Å². The van der Waals surface area contributed by atoms with Gasteiger partial charge in [-0.15, -0.1) is 0 Å². The van der Waals surface area contributed by atoms with Crippen LogP contribution < -0.4 is 10.6 Å². The van der Waals surface area contributed by atoms with Crippen LogP contribution in [0.1, 0.15) is 78.1 Å². The Balaban J connectivity index is 1.91. The Morgan fingerprint density at radius 1 is 0.650 bits per heavy atom. The van der Waals surface area contributed by atoms with Crippen LogP contribution in [0.3, 0.4) is 0 Å². The minimum absolute atomic E-state index is 0.952. The second-order valence-electron chi connectivity index (χ2n) is 6.71. The van der Waals surface area contributed by atoms with E-state index in [0.717, 1.165) is 11.8 Å². The van der Waals surface area contributed by atoms with E-state index in [4.69, 9.17) is 0 Å². The van der Waals surface area contributed by atoms with E-state index < -0.39 is 0 Å². The SMILES string of the molecule is CCCCCNCC1CCC(CNCCCCC)CC1. The number of unbranched alkanes of at least 4 members (excludes halogenated alkanes) is 4. The average molecular weight is 283 g/mol. The smallest absolute Gasteiger partial charge is 0.00205 e. The monoisotopic (exact) mass is 282 g/mol. The molecule has 0 atom stereocenters. The second kappa shape index (κ2) is 12.6. The third kappa shape index (κ3) is 8.97. The molecule has 2 N–H and O–H groups in total.